The average Bonchev–Trinajstić information content (AvgIpc) is 3.10. The molecule has 3 aromatic carbocycles. The first kappa shape index (κ1) is 37.2. The molecule has 0 saturated carbocycles. The minimum absolute atomic E-state index is 0.0222. The van der Waals surface area contributed by atoms with Crippen LogP contribution in [-0.4, -0.2) is 110 Å². The highest BCUT2D eigenvalue weighted by Crippen LogP contribution is 2.37. The number of fused-ring (bicyclic) bond motifs is 1. The van der Waals surface area contributed by atoms with Crippen molar-refractivity contribution in [3.63, 3.8) is 0 Å². The zero-order valence-corrected chi connectivity index (χ0v) is 29.8. The summed E-state index contributed by atoms with van der Waals surface area (Å²) in [6, 6.07) is 21.0. The summed E-state index contributed by atoms with van der Waals surface area (Å²) in [6.07, 6.45) is -1.17. The first-order valence-corrected chi connectivity index (χ1v) is 18.2. The molecule has 0 aliphatic carbocycles. The Morgan fingerprint density at radius 2 is 1.57 bits per heavy atom. The van der Waals surface area contributed by atoms with Crippen molar-refractivity contribution in [2.75, 3.05) is 78.8 Å². The van der Waals surface area contributed by atoms with Crippen LogP contribution in [0.15, 0.2) is 71.6 Å². The summed E-state index contributed by atoms with van der Waals surface area (Å²) in [5.41, 5.74) is 4.89. The van der Waals surface area contributed by atoms with Gasteiger partial charge in [0.2, 0.25) is 10.0 Å². The summed E-state index contributed by atoms with van der Waals surface area (Å²) < 4.78 is 64.4. The number of hydrogen-bond donors (Lipinski definition) is 1. The van der Waals surface area contributed by atoms with Crippen molar-refractivity contribution < 1.29 is 41.9 Å². The Balaban J connectivity index is 1.46. The Morgan fingerprint density at radius 1 is 0.857 bits per heavy atom. The van der Waals surface area contributed by atoms with E-state index >= 15 is 0 Å². The number of nitrogens with zero attached hydrogens (tertiary/aromatic N) is 2. The van der Waals surface area contributed by atoms with Gasteiger partial charge in [0.15, 0.2) is 0 Å². The maximum atomic E-state index is 14.1. The number of piperidine rings is 1. The molecule has 0 bridgehead atoms. The molecule has 1 N–H and O–H groups in total. The van der Waals surface area contributed by atoms with E-state index < -0.39 is 28.3 Å². The van der Waals surface area contributed by atoms with Crippen LogP contribution >= 0.6 is 0 Å². The highest BCUT2D eigenvalue weighted by Gasteiger charge is 2.44. The summed E-state index contributed by atoms with van der Waals surface area (Å²) in [4.78, 5) is 2.51. The second kappa shape index (κ2) is 17.7. The minimum Gasteiger partial charge on any atom is -0.490 e. The predicted octanol–water partition coefficient (Wildman–Crippen LogP) is 4.14. The quantitative estimate of drug-likeness (QED) is 0.206. The number of aliphatic hydroxyl groups excluding tert-OH is 1. The summed E-state index contributed by atoms with van der Waals surface area (Å²) in [7, 11) is 0.987. The summed E-state index contributed by atoms with van der Waals surface area (Å²) in [5, 5.41) is 10.5. The van der Waals surface area contributed by atoms with Crippen LogP contribution in [-0.2, 0) is 46.9 Å². The van der Waals surface area contributed by atoms with E-state index in [0.29, 0.717) is 19.8 Å². The van der Waals surface area contributed by atoms with Crippen LogP contribution in [0.25, 0.3) is 0 Å². The summed E-state index contributed by atoms with van der Waals surface area (Å²) in [5.74, 6) is 0.500. The number of sulfonamides is 1. The number of anilines is 1. The molecule has 4 atom stereocenters. The fraction of sp³-hybridized carbons (Fsp3) is 0.514. The van der Waals surface area contributed by atoms with Gasteiger partial charge in [0.05, 0.1) is 55.8 Å². The highest BCUT2D eigenvalue weighted by atomic mass is 32.2. The summed E-state index contributed by atoms with van der Waals surface area (Å²) >= 11 is 0. The number of aliphatic hydroxyl groups is 1. The Kier molecular flexibility index (Phi) is 13.5. The maximum Gasteiger partial charge on any atom is 0.243 e. The van der Waals surface area contributed by atoms with Gasteiger partial charge in [0, 0.05) is 53.5 Å². The number of methoxy groups -OCH3 is 3. The van der Waals surface area contributed by atoms with Crippen LogP contribution in [0, 0.1) is 6.92 Å². The van der Waals surface area contributed by atoms with E-state index in [1.807, 2.05) is 43.3 Å². The van der Waals surface area contributed by atoms with Crippen molar-refractivity contribution in [2.24, 2.45) is 0 Å². The monoisotopic (exact) mass is 698 g/mol. The molecule has 0 unspecified atom stereocenters. The lowest BCUT2D eigenvalue weighted by atomic mass is 9.85. The summed E-state index contributed by atoms with van der Waals surface area (Å²) in [6.45, 7) is 5.86. The van der Waals surface area contributed by atoms with E-state index in [1.54, 1.807) is 38.5 Å². The standard InChI is InChI=1S/C37H50N2O9S/c1-27-6-13-32(14-7-27)49(41,42)39-21-35(47-24-29-10-15-34-33(20-29)38(17-19-46-34)16-5-18-43-2)37(30-11-8-28(9-12-30)23-44-3)36(22-39)48-26-31(40)25-45-4/h6-15,20,31,35-37,40H,5,16-19,21-26H2,1-4H3/t31-,35+,36-,37-/m1/s1. The second-order valence-electron chi connectivity index (χ2n) is 12.6. The number of hydrogen-bond acceptors (Lipinski definition) is 10. The zero-order chi connectivity index (χ0) is 34.8. The van der Waals surface area contributed by atoms with Gasteiger partial charge >= 0.3 is 0 Å². The third-order valence-corrected chi connectivity index (χ3v) is 10.8. The SMILES string of the molecule is COCCCN1CCOc2ccc(CO[C@H]3CN(S(=O)(=O)c4ccc(C)cc4)C[C@@H](OC[C@H](O)COC)[C@@H]3c3ccc(COC)cc3)cc21. The number of ether oxygens (including phenoxy) is 6. The Hall–Kier alpha value is -3.07. The van der Waals surface area contributed by atoms with Gasteiger partial charge in [-0.2, -0.15) is 4.31 Å². The zero-order valence-electron chi connectivity index (χ0n) is 29.0. The van der Waals surface area contributed by atoms with Crippen molar-refractivity contribution >= 4 is 15.7 Å². The van der Waals surface area contributed by atoms with Gasteiger partial charge in [-0.15, -0.1) is 0 Å². The van der Waals surface area contributed by atoms with E-state index in [9.17, 15) is 13.5 Å². The van der Waals surface area contributed by atoms with Gasteiger partial charge in [-0.05, 0) is 54.3 Å². The molecule has 2 aliphatic heterocycles. The van der Waals surface area contributed by atoms with E-state index in [4.69, 9.17) is 28.4 Å². The highest BCUT2D eigenvalue weighted by molar-refractivity contribution is 7.89. The van der Waals surface area contributed by atoms with Crippen LogP contribution in [0.3, 0.4) is 0 Å². The lowest BCUT2D eigenvalue weighted by Crippen LogP contribution is -2.54. The first-order chi connectivity index (χ1) is 23.7. The van der Waals surface area contributed by atoms with Crippen LogP contribution in [0.1, 0.15) is 34.6 Å². The lowest BCUT2D eigenvalue weighted by Gasteiger charge is -2.43. The molecule has 5 rings (SSSR count). The van der Waals surface area contributed by atoms with E-state index in [2.05, 4.69) is 11.0 Å². The minimum atomic E-state index is -3.89. The number of rotatable bonds is 17. The Labute approximate surface area is 290 Å². The molecule has 0 aromatic heterocycles. The van der Waals surface area contributed by atoms with Crippen LogP contribution in [0.2, 0.25) is 0 Å². The molecule has 0 radical (unpaired) electrons. The smallest absolute Gasteiger partial charge is 0.243 e. The molecule has 0 amide bonds. The second-order valence-corrected chi connectivity index (χ2v) is 14.6. The molecular weight excluding hydrogens is 648 g/mol. The number of aryl methyl sites for hydroxylation is 1. The van der Waals surface area contributed by atoms with Crippen molar-refractivity contribution in [3.05, 3.63) is 89.0 Å². The van der Waals surface area contributed by atoms with Gasteiger partial charge in [-0.25, -0.2) is 8.42 Å². The van der Waals surface area contributed by atoms with E-state index in [1.165, 1.54) is 11.4 Å². The Morgan fingerprint density at radius 3 is 2.27 bits per heavy atom. The Bertz CT molecular complexity index is 1570. The van der Waals surface area contributed by atoms with Crippen molar-refractivity contribution in [3.8, 4) is 5.75 Å². The molecule has 2 aliphatic rings. The van der Waals surface area contributed by atoms with Crippen LogP contribution in [0.4, 0.5) is 5.69 Å². The molecule has 12 heteroatoms. The molecule has 1 fully saturated rings. The average molecular weight is 699 g/mol. The van der Waals surface area contributed by atoms with Gasteiger partial charge in [-0.3, -0.25) is 0 Å². The van der Waals surface area contributed by atoms with Crippen molar-refractivity contribution in [1.82, 2.24) is 4.31 Å². The molecule has 0 spiro atoms. The molecule has 1 saturated heterocycles. The topological polar surface area (TPSA) is 116 Å². The lowest BCUT2D eigenvalue weighted by molar-refractivity contribution is -0.0997. The van der Waals surface area contributed by atoms with Crippen molar-refractivity contribution in [1.29, 1.82) is 0 Å². The molecule has 3 aromatic rings. The van der Waals surface area contributed by atoms with Gasteiger partial charge in [0.25, 0.3) is 0 Å². The van der Waals surface area contributed by atoms with Crippen LogP contribution < -0.4 is 9.64 Å². The third-order valence-electron chi connectivity index (χ3n) is 8.99. The van der Waals surface area contributed by atoms with Crippen molar-refractivity contribution in [2.45, 2.75) is 55.7 Å². The maximum absolute atomic E-state index is 14.1. The largest absolute Gasteiger partial charge is 0.490 e. The fourth-order valence-corrected chi connectivity index (χ4v) is 7.93. The molecular formula is C37H50N2O9S. The molecule has 11 nitrogen and oxygen atoms in total. The predicted molar refractivity (Wildman–Crippen MR) is 187 cm³/mol. The molecule has 268 valence electrons. The normalized spacial score (nSPS) is 20.5. The van der Waals surface area contributed by atoms with E-state index in [-0.39, 0.29) is 43.7 Å². The molecule has 2 heterocycles. The first-order valence-electron chi connectivity index (χ1n) is 16.8. The van der Waals surface area contributed by atoms with Gasteiger partial charge < -0.3 is 38.4 Å². The van der Waals surface area contributed by atoms with E-state index in [0.717, 1.165) is 53.2 Å². The van der Waals surface area contributed by atoms with Gasteiger partial charge in [0.1, 0.15) is 18.5 Å². The van der Waals surface area contributed by atoms with Crippen LogP contribution in [0.5, 0.6) is 5.75 Å². The third kappa shape index (κ3) is 9.59. The fourth-order valence-electron chi connectivity index (χ4n) is 6.46. The van der Waals surface area contributed by atoms with Gasteiger partial charge in [-0.1, -0.05) is 48.0 Å². The molecule has 49 heavy (non-hydrogen) atoms. The number of benzene rings is 3.